The molecule has 0 radical (unpaired) electrons. The van der Waals surface area contributed by atoms with Gasteiger partial charge in [-0.1, -0.05) is 25.1 Å². The van der Waals surface area contributed by atoms with Crippen LogP contribution in [0.15, 0.2) is 47.5 Å². The molecule has 1 aromatic heterocycles. The highest BCUT2D eigenvalue weighted by molar-refractivity contribution is 8.00. The standard InChI is InChI=1S/C17H18N4OS/c1-12-6-5-11-19-16(12)21-17(22)20-14-7-3-4-8-15(14)23-13(2)9-10-18/h3-8,11,13H,9H2,1-2H3,(H2,19,20,21,22)/t13-/m0/s1. The van der Waals surface area contributed by atoms with Crippen molar-refractivity contribution >= 4 is 29.3 Å². The molecule has 0 saturated carbocycles. The molecule has 0 unspecified atom stereocenters. The molecule has 2 rings (SSSR count). The van der Waals surface area contributed by atoms with Crippen LogP contribution in [-0.2, 0) is 0 Å². The van der Waals surface area contributed by atoms with Gasteiger partial charge in [-0.2, -0.15) is 5.26 Å². The normalized spacial score (nSPS) is 11.3. The second-order valence-electron chi connectivity index (χ2n) is 5.03. The summed E-state index contributed by atoms with van der Waals surface area (Å²) in [6, 6.07) is 13.1. The van der Waals surface area contributed by atoms with E-state index in [1.165, 1.54) is 0 Å². The largest absolute Gasteiger partial charge is 0.324 e. The number of aryl methyl sites for hydroxylation is 1. The third-order valence-corrected chi connectivity index (χ3v) is 4.26. The lowest BCUT2D eigenvalue weighted by atomic mass is 10.3. The van der Waals surface area contributed by atoms with Crippen molar-refractivity contribution in [2.24, 2.45) is 0 Å². The van der Waals surface area contributed by atoms with Crippen LogP contribution >= 0.6 is 11.8 Å². The van der Waals surface area contributed by atoms with Crippen molar-refractivity contribution in [1.29, 1.82) is 5.26 Å². The minimum atomic E-state index is -0.340. The zero-order chi connectivity index (χ0) is 16.7. The van der Waals surface area contributed by atoms with Gasteiger partial charge in [0.25, 0.3) is 0 Å². The number of carbonyl (C=O) groups excluding carboxylic acids is 1. The summed E-state index contributed by atoms with van der Waals surface area (Å²) >= 11 is 1.57. The molecule has 1 aromatic carbocycles. The smallest absolute Gasteiger partial charge is 0.307 e. The molecule has 1 heterocycles. The lowest BCUT2D eigenvalue weighted by Gasteiger charge is -2.14. The molecule has 0 fully saturated rings. The average molecular weight is 326 g/mol. The van der Waals surface area contributed by atoms with E-state index < -0.39 is 0 Å². The van der Waals surface area contributed by atoms with E-state index in [0.29, 0.717) is 17.9 Å². The van der Waals surface area contributed by atoms with Crippen LogP contribution in [0.3, 0.4) is 0 Å². The molecule has 118 valence electrons. The molecule has 2 N–H and O–H groups in total. The number of aromatic nitrogens is 1. The summed E-state index contributed by atoms with van der Waals surface area (Å²) in [5.74, 6) is 0.535. The molecular formula is C17H18N4OS. The molecule has 1 atom stereocenters. The van der Waals surface area contributed by atoms with Crippen molar-refractivity contribution in [3.63, 3.8) is 0 Å². The van der Waals surface area contributed by atoms with Crippen LogP contribution in [0.1, 0.15) is 18.9 Å². The Kier molecular flexibility index (Phi) is 6.01. The Morgan fingerprint density at radius 1 is 1.30 bits per heavy atom. The number of benzene rings is 1. The molecule has 6 heteroatoms. The number of nitrogens with one attached hydrogen (secondary N) is 2. The van der Waals surface area contributed by atoms with E-state index in [9.17, 15) is 4.79 Å². The van der Waals surface area contributed by atoms with E-state index in [1.807, 2.05) is 50.2 Å². The average Bonchev–Trinajstić information content (AvgIpc) is 2.52. The predicted molar refractivity (Wildman–Crippen MR) is 93.6 cm³/mol. The highest BCUT2D eigenvalue weighted by Crippen LogP contribution is 2.31. The van der Waals surface area contributed by atoms with Crippen LogP contribution in [0.2, 0.25) is 0 Å². The first-order valence-electron chi connectivity index (χ1n) is 7.22. The van der Waals surface area contributed by atoms with Gasteiger partial charge >= 0.3 is 6.03 Å². The minimum absolute atomic E-state index is 0.157. The summed E-state index contributed by atoms with van der Waals surface area (Å²) in [7, 11) is 0. The van der Waals surface area contributed by atoms with Gasteiger partial charge in [0.05, 0.1) is 11.8 Å². The lowest BCUT2D eigenvalue weighted by molar-refractivity contribution is 0.262. The fraction of sp³-hybridized carbons (Fsp3) is 0.235. The molecular weight excluding hydrogens is 308 g/mol. The maximum Gasteiger partial charge on any atom is 0.324 e. The summed E-state index contributed by atoms with van der Waals surface area (Å²) in [6.07, 6.45) is 2.09. The monoisotopic (exact) mass is 326 g/mol. The Hall–Kier alpha value is -2.52. The number of nitrogens with zero attached hydrogens (tertiary/aromatic N) is 2. The van der Waals surface area contributed by atoms with Crippen LogP contribution in [0.5, 0.6) is 0 Å². The Morgan fingerprint density at radius 2 is 2.09 bits per heavy atom. The predicted octanol–water partition coefficient (Wildman–Crippen LogP) is 4.43. The van der Waals surface area contributed by atoms with Crippen molar-refractivity contribution in [1.82, 2.24) is 4.98 Å². The summed E-state index contributed by atoms with van der Waals surface area (Å²) < 4.78 is 0. The minimum Gasteiger partial charge on any atom is -0.307 e. The number of carbonyl (C=O) groups is 1. The maximum absolute atomic E-state index is 12.2. The van der Waals surface area contributed by atoms with Gasteiger partial charge in [0.15, 0.2) is 0 Å². The summed E-state index contributed by atoms with van der Waals surface area (Å²) in [6.45, 7) is 3.87. The topological polar surface area (TPSA) is 77.8 Å². The van der Waals surface area contributed by atoms with Gasteiger partial charge in [0.1, 0.15) is 5.82 Å². The first-order chi connectivity index (χ1) is 11.1. The molecule has 23 heavy (non-hydrogen) atoms. The molecule has 5 nitrogen and oxygen atoms in total. The first kappa shape index (κ1) is 16.8. The highest BCUT2D eigenvalue weighted by Gasteiger charge is 2.11. The van der Waals surface area contributed by atoms with E-state index in [0.717, 1.165) is 10.5 Å². The summed E-state index contributed by atoms with van der Waals surface area (Å²) in [5, 5.41) is 14.5. The van der Waals surface area contributed by atoms with Gasteiger partial charge in [0.2, 0.25) is 0 Å². The molecule has 0 aliphatic rings. The summed E-state index contributed by atoms with van der Waals surface area (Å²) in [5.41, 5.74) is 1.61. The Balaban J connectivity index is 2.06. The molecule has 0 bridgehead atoms. The number of pyridine rings is 1. The lowest BCUT2D eigenvalue weighted by Crippen LogP contribution is -2.21. The van der Waals surface area contributed by atoms with Crippen molar-refractivity contribution in [3.8, 4) is 6.07 Å². The molecule has 0 spiro atoms. The number of hydrogen-bond acceptors (Lipinski definition) is 4. The third kappa shape index (κ3) is 5.01. The third-order valence-electron chi connectivity index (χ3n) is 3.08. The molecule has 0 aliphatic heterocycles. The molecule has 2 aromatic rings. The van der Waals surface area contributed by atoms with Crippen LogP contribution in [0.4, 0.5) is 16.3 Å². The second kappa shape index (κ2) is 8.20. The van der Waals surface area contributed by atoms with Crippen molar-refractivity contribution in [2.75, 3.05) is 10.6 Å². The van der Waals surface area contributed by atoms with Crippen molar-refractivity contribution in [3.05, 3.63) is 48.2 Å². The quantitative estimate of drug-likeness (QED) is 0.797. The van der Waals surface area contributed by atoms with Gasteiger partial charge in [-0.05, 0) is 30.7 Å². The number of hydrogen-bond donors (Lipinski definition) is 2. The van der Waals surface area contributed by atoms with Gasteiger partial charge < -0.3 is 5.32 Å². The van der Waals surface area contributed by atoms with Gasteiger partial charge in [-0.25, -0.2) is 9.78 Å². The number of anilines is 2. The number of nitriles is 1. The number of urea groups is 1. The van der Waals surface area contributed by atoms with E-state index in [1.54, 1.807) is 18.0 Å². The number of amides is 2. The number of para-hydroxylation sites is 1. The number of thioether (sulfide) groups is 1. The Morgan fingerprint density at radius 3 is 2.83 bits per heavy atom. The van der Waals surface area contributed by atoms with Crippen LogP contribution in [-0.4, -0.2) is 16.3 Å². The van der Waals surface area contributed by atoms with Gasteiger partial charge in [-0.3, -0.25) is 5.32 Å². The Labute approximate surface area is 140 Å². The molecule has 0 saturated heterocycles. The first-order valence-corrected chi connectivity index (χ1v) is 8.10. The Bertz CT molecular complexity index is 727. The zero-order valence-corrected chi connectivity index (χ0v) is 13.9. The fourth-order valence-corrected chi connectivity index (χ4v) is 2.93. The number of rotatable bonds is 5. The van der Waals surface area contributed by atoms with E-state index in [-0.39, 0.29) is 11.3 Å². The van der Waals surface area contributed by atoms with Crippen molar-refractivity contribution < 1.29 is 4.79 Å². The fourth-order valence-electron chi connectivity index (χ4n) is 1.94. The summed E-state index contributed by atoms with van der Waals surface area (Å²) in [4.78, 5) is 17.2. The SMILES string of the molecule is Cc1cccnc1NC(=O)Nc1ccccc1S[C@@H](C)CC#N. The van der Waals surface area contributed by atoms with E-state index >= 15 is 0 Å². The maximum atomic E-state index is 12.2. The van der Waals surface area contributed by atoms with Gasteiger partial charge in [0, 0.05) is 22.8 Å². The zero-order valence-electron chi connectivity index (χ0n) is 13.0. The van der Waals surface area contributed by atoms with Gasteiger partial charge in [-0.15, -0.1) is 11.8 Å². The molecule has 2 amide bonds. The highest BCUT2D eigenvalue weighted by atomic mass is 32.2. The van der Waals surface area contributed by atoms with Crippen molar-refractivity contribution in [2.45, 2.75) is 30.4 Å². The molecule has 0 aliphatic carbocycles. The van der Waals surface area contributed by atoms with Crippen LogP contribution < -0.4 is 10.6 Å². The van der Waals surface area contributed by atoms with Crippen LogP contribution in [0, 0.1) is 18.3 Å². The van der Waals surface area contributed by atoms with E-state index in [4.69, 9.17) is 5.26 Å². The van der Waals surface area contributed by atoms with E-state index in [2.05, 4.69) is 21.7 Å². The van der Waals surface area contributed by atoms with Crippen LogP contribution in [0.25, 0.3) is 0 Å². The second-order valence-corrected chi connectivity index (χ2v) is 6.52.